The largest absolute Gasteiger partial charge is 0.383 e. The van der Waals surface area contributed by atoms with Crippen LogP contribution in [-0.2, 0) is 12.8 Å². The molecule has 1 aromatic rings. The van der Waals surface area contributed by atoms with Crippen LogP contribution in [0, 0.1) is 6.92 Å². The summed E-state index contributed by atoms with van der Waals surface area (Å²) in [5, 5.41) is 7.21. The molecule has 0 radical (unpaired) electrons. The monoisotopic (exact) mass is 262 g/mol. The number of aryl methyl sites for hydroxylation is 1. The van der Waals surface area contributed by atoms with Gasteiger partial charge in [-0.1, -0.05) is 13.8 Å². The third-order valence-corrected chi connectivity index (χ3v) is 3.40. The van der Waals surface area contributed by atoms with Crippen LogP contribution in [0.25, 0.3) is 0 Å². The molecule has 0 saturated heterocycles. The molecular weight excluding hydrogens is 232 g/mol. The molecule has 108 valence electrons. The first kappa shape index (κ1) is 15.9. The van der Waals surface area contributed by atoms with Crippen molar-refractivity contribution in [1.29, 1.82) is 0 Å². The second-order valence-corrected chi connectivity index (χ2v) is 5.87. The minimum Gasteiger partial charge on any atom is -0.383 e. The highest BCUT2D eigenvalue weighted by molar-refractivity contribution is 5.71. The molecule has 2 N–H and O–H groups in total. The average Bonchev–Trinajstić information content (AvgIpc) is 2.32. The maximum Gasteiger partial charge on any atom is 0.0427 e. The Labute approximate surface area is 119 Å². The number of anilines is 2. The van der Waals surface area contributed by atoms with Crippen LogP contribution in [0.15, 0.2) is 6.07 Å². The van der Waals surface area contributed by atoms with Crippen molar-refractivity contribution in [3.63, 3.8) is 0 Å². The van der Waals surface area contributed by atoms with Gasteiger partial charge in [-0.25, -0.2) is 0 Å². The van der Waals surface area contributed by atoms with E-state index in [9.17, 15) is 0 Å². The van der Waals surface area contributed by atoms with Gasteiger partial charge in [0, 0.05) is 23.5 Å². The van der Waals surface area contributed by atoms with Gasteiger partial charge in [0.2, 0.25) is 0 Å². The molecule has 19 heavy (non-hydrogen) atoms. The minimum absolute atomic E-state index is 0.461. The summed E-state index contributed by atoms with van der Waals surface area (Å²) in [6.45, 7) is 15.5. The van der Waals surface area contributed by atoms with Crippen LogP contribution in [0.1, 0.15) is 58.2 Å². The van der Waals surface area contributed by atoms with Gasteiger partial charge in [0.25, 0.3) is 0 Å². The highest BCUT2D eigenvalue weighted by Gasteiger charge is 2.14. The summed E-state index contributed by atoms with van der Waals surface area (Å²) in [6, 6.07) is 3.26. The van der Waals surface area contributed by atoms with Crippen LogP contribution in [0.4, 0.5) is 11.4 Å². The van der Waals surface area contributed by atoms with Gasteiger partial charge in [0.05, 0.1) is 0 Å². The summed E-state index contributed by atoms with van der Waals surface area (Å²) in [4.78, 5) is 0. The normalized spacial score (nSPS) is 11.2. The standard InChI is InChI=1S/C17H30N2/c1-8-14-10-16(18-11(3)4)13(7)17(15(14)9-2)19-12(5)6/h10-12,18-19H,8-9H2,1-7H3. The summed E-state index contributed by atoms with van der Waals surface area (Å²) in [5.74, 6) is 0. The molecule has 2 nitrogen and oxygen atoms in total. The molecule has 0 unspecified atom stereocenters. The van der Waals surface area contributed by atoms with E-state index in [0.717, 1.165) is 12.8 Å². The Balaban J connectivity index is 3.36. The van der Waals surface area contributed by atoms with Crippen molar-refractivity contribution < 1.29 is 0 Å². The van der Waals surface area contributed by atoms with Gasteiger partial charge in [0.1, 0.15) is 0 Å². The van der Waals surface area contributed by atoms with E-state index in [1.165, 1.54) is 28.1 Å². The molecule has 0 bridgehead atoms. The van der Waals surface area contributed by atoms with Crippen LogP contribution < -0.4 is 10.6 Å². The molecule has 0 atom stereocenters. The van der Waals surface area contributed by atoms with E-state index < -0.39 is 0 Å². The van der Waals surface area contributed by atoms with Crippen molar-refractivity contribution in [1.82, 2.24) is 0 Å². The fourth-order valence-corrected chi connectivity index (χ4v) is 2.56. The third kappa shape index (κ3) is 3.89. The van der Waals surface area contributed by atoms with E-state index in [0.29, 0.717) is 12.1 Å². The number of hydrogen-bond acceptors (Lipinski definition) is 2. The number of benzene rings is 1. The zero-order chi connectivity index (χ0) is 14.6. The summed E-state index contributed by atoms with van der Waals surface area (Å²) >= 11 is 0. The Morgan fingerprint density at radius 3 is 1.95 bits per heavy atom. The molecular formula is C17H30N2. The summed E-state index contributed by atoms with van der Waals surface area (Å²) < 4.78 is 0. The van der Waals surface area contributed by atoms with Crippen LogP contribution >= 0.6 is 0 Å². The lowest BCUT2D eigenvalue weighted by Gasteiger charge is -2.24. The molecule has 0 aliphatic heterocycles. The zero-order valence-corrected chi connectivity index (χ0v) is 13.6. The molecule has 0 saturated carbocycles. The molecule has 0 amide bonds. The fourth-order valence-electron chi connectivity index (χ4n) is 2.56. The quantitative estimate of drug-likeness (QED) is 0.772. The van der Waals surface area contributed by atoms with Gasteiger partial charge < -0.3 is 10.6 Å². The van der Waals surface area contributed by atoms with E-state index in [1.54, 1.807) is 0 Å². The number of nitrogens with one attached hydrogen (secondary N) is 2. The summed E-state index contributed by atoms with van der Waals surface area (Å²) in [7, 11) is 0. The van der Waals surface area contributed by atoms with Gasteiger partial charge in [-0.15, -0.1) is 0 Å². The number of rotatable bonds is 6. The molecule has 0 fully saturated rings. The molecule has 0 aliphatic carbocycles. The fraction of sp³-hybridized carbons (Fsp3) is 0.647. The lowest BCUT2D eigenvalue weighted by Crippen LogP contribution is -2.17. The van der Waals surface area contributed by atoms with Crippen LogP contribution in [0.2, 0.25) is 0 Å². The van der Waals surface area contributed by atoms with Crippen molar-refractivity contribution >= 4 is 11.4 Å². The van der Waals surface area contributed by atoms with Crippen LogP contribution in [0.3, 0.4) is 0 Å². The highest BCUT2D eigenvalue weighted by atomic mass is 14.9. The summed E-state index contributed by atoms with van der Waals surface area (Å²) in [6.07, 6.45) is 2.17. The zero-order valence-electron chi connectivity index (χ0n) is 13.6. The Bertz CT molecular complexity index is 420. The highest BCUT2D eigenvalue weighted by Crippen LogP contribution is 2.33. The Hall–Kier alpha value is -1.18. The average molecular weight is 262 g/mol. The van der Waals surface area contributed by atoms with E-state index in [-0.39, 0.29) is 0 Å². The maximum atomic E-state index is 3.64. The topological polar surface area (TPSA) is 24.1 Å². The molecule has 1 rings (SSSR count). The Kier molecular flexibility index (Phi) is 5.71. The van der Waals surface area contributed by atoms with Crippen molar-refractivity contribution in [3.8, 4) is 0 Å². The van der Waals surface area contributed by atoms with Crippen molar-refractivity contribution in [2.75, 3.05) is 10.6 Å². The number of hydrogen-bond donors (Lipinski definition) is 2. The van der Waals surface area contributed by atoms with Gasteiger partial charge in [-0.05, 0) is 70.2 Å². The summed E-state index contributed by atoms with van der Waals surface area (Å²) in [5.41, 5.74) is 6.88. The SMILES string of the molecule is CCc1cc(NC(C)C)c(C)c(NC(C)C)c1CC. The van der Waals surface area contributed by atoms with E-state index in [4.69, 9.17) is 0 Å². The predicted molar refractivity (Wildman–Crippen MR) is 87.5 cm³/mol. The lowest BCUT2D eigenvalue weighted by atomic mass is 9.95. The first-order valence-electron chi connectivity index (χ1n) is 7.59. The Morgan fingerprint density at radius 2 is 1.53 bits per heavy atom. The smallest absolute Gasteiger partial charge is 0.0427 e. The molecule has 2 heteroatoms. The van der Waals surface area contributed by atoms with Gasteiger partial charge in [-0.2, -0.15) is 0 Å². The third-order valence-electron chi connectivity index (χ3n) is 3.40. The van der Waals surface area contributed by atoms with Gasteiger partial charge >= 0.3 is 0 Å². The van der Waals surface area contributed by atoms with E-state index >= 15 is 0 Å². The second-order valence-electron chi connectivity index (χ2n) is 5.87. The molecule has 0 heterocycles. The first-order chi connectivity index (χ1) is 8.90. The molecule has 0 spiro atoms. The molecule has 1 aromatic carbocycles. The van der Waals surface area contributed by atoms with Crippen molar-refractivity contribution in [3.05, 3.63) is 22.8 Å². The van der Waals surface area contributed by atoms with Crippen molar-refractivity contribution in [2.24, 2.45) is 0 Å². The van der Waals surface area contributed by atoms with E-state index in [1.807, 2.05) is 0 Å². The minimum atomic E-state index is 0.461. The molecule has 0 aliphatic rings. The van der Waals surface area contributed by atoms with Crippen LogP contribution in [0.5, 0.6) is 0 Å². The maximum absolute atomic E-state index is 3.64. The van der Waals surface area contributed by atoms with Crippen molar-refractivity contribution in [2.45, 2.75) is 73.4 Å². The molecule has 0 aromatic heterocycles. The predicted octanol–water partition coefficient (Wildman–Crippen LogP) is 4.76. The van der Waals surface area contributed by atoms with E-state index in [2.05, 4.69) is 65.2 Å². The van der Waals surface area contributed by atoms with Gasteiger partial charge in [0.15, 0.2) is 0 Å². The van der Waals surface area contributed by atoms with Crippen LogP contribution in [-0.4, -0.2) is 12.1 Å². The second kappa shape index (κ2) is 6.83. The lowest BCUT2D eigenvalue weighted by molar-refractivity contribution is 0.878. The first-order valence-corrected chi connectivity index (χ1v) is 7.59. The van der Waals surface area contributed by atoms with Gasteiger partial charge in [-0.3, -0.25) is 0 Å². The Morgan fingerprint density at radius 1 is 0.947 bits per heavy atom.